The summed E-state index contributed by atoms with van der Waals surface area (Å²) in [5, 5.41) is 5.87. The zero-order valence-electron chi connectivity index (χ0n) is 16.0. The molecular weight excluding hydrogens is 344 g/mol. The highest BCUT2D eigenvalue weighted by molar-refractivity contribution is 5.91. The number of hydrogen-bond acceptors (Lipinski definition) is 5. The number of urea groups is 1. The van der Waals surface area contributed by atoms with Gasteiger partial charge in [-0.25, -0.2) is 14.8 Å². The van der Waals surface area contributed by atoms with Crippen molar-refractivity contribution in [2.45, 2.75) is 51.7 Å². The monoisotopic (exact) mass is 370 g/mol. The Morgan fingerprint density at radius 1 is 1.07 bits per heavy atom. The number of anilines is 1. The Hall–Kier alpha value is -2.83. The van der Waals surface area contributed by atoms with Gasteiger partial charge in [-0.15, -0.1) is 0 Å². The van der Waals surface area contributed by atoms with Crippen LogP contribution in [0.5, 0.6) is 11.8 Å². The van der Waals surface area contributed by atoms with Crippen molar-refractivity contribution in [1.29, 1.82) is 0 Å². The fraction of sp³-hybridized carbons (Fsp3) is 0.450. The van der Waals surface area contributed by atoms with E-state index in [1.807, 2.05) is 44.2 Å². The van der Waals surface area contributed by atoms with Crippen molar-refractivity contribution < 1.29 is 14.3 Å². The van der Waals surface area contributed by atoms with Crippen LogP contribution in [0.2, 0.25) is 0 Å². The first kappa shape index (κ1) is 18.9. The summed E-state index contributed by atoms with van der Waals surface area (Å²) in [6.45, 7) is 3.87. The lowest BCUT2D eigenvalue weighted by Gasteiger charge is -2.29. The van der Waals surface area contributed by atoms with Gasteiger partial charge in [-0.2, -0.15) is 0 Å². The molecule has 0 saturated heterocycles. The largest absolute Gasteiger partial charge is 0.495 e. The molecule has 1 heterocycles. The first-order valence-corrected chi connectivity index (χ1v) is 9.23. The lowest BCUT2D eigenvalue weighted by atomic mass is 9.93. The molecule has 1 aliphatic carbocycles. The fourth-order valence-corrected chi connectivity index (χ4v) is 3.31. The Kier molecular flexibility index (Phi) is 6.11. The van der Waals surface area contributed by atoms with Crippen LogP contribution in [0, 0.1) is 13.8 Å². The summed E-state index contributed by atoms with van der Waals surface area (Å²) in [5.41, 5.74) is 2.46. The van der Waals surface area contributed by atoms with Crippen LogP contribution in [0.3, 0.4) is 0 Å². The summed E-state index contributed by atoms with van der Waals surface area (Å²) in [6.07, 6.45) is 3.51. The molecule has 144 valence electrons. The van der Waals surface area contributed by atoms with Crippen LogP contribution in [-0.2, 0) is 0 Å². The van der Waals surface area contributed by atoms with Gasteiger partial charge in [0.15, 0.2) is 0 Å². The summed E-state index contributed by atoms with van der Waals surface area (Å²) in [7, 11) is 1.58. The number of rotatable bonds is 5. The number of nitrogens with one attached hydrogen (secondary N) is 2. The number of aryl methyl sites for hydroxylation is 2. The number of hydrogen-bond donors (Lipinski definition) is 2. The van der Waals surface area contributed by atoms with Crippen molar-refractivity contribution in [3.63, 3.8) is 0 Å². The van der Waals surface area contributed by atoms with E-state index in [4.69, 9.17) is 9.47 Å². The normalized spacial score (nSPS) is 19.2. The van der Waals surface area contributed by atoms with Gasteiger partial charge in [0.1, 0.15) is 11.9 Å². The van der Waals surface area contributed by atoms with Gasteiger partial charge < -0.3 is 20.1 Å². The van der Waals surface area contributed by atoms with Gasteiger partial charge in [0, 0.05) is 17.4 Å². The molecule has 7 nitrogen and oxygen atoms in total. The quantitative estimate of drug-likeness (QED) is 0.840. The molecule has 0 bridgehead atoms. The SMILES string of the molecule is COc1ccccc1NC(=O)NC1CCC(Oc2nc(C)cc(C)n2)CC1. The Labute approximate surface area is 159 Å². The van der Waals surface area contributed by atoms with E-state index in [1.165, 1.54) is 0 Å². The molecule has 0 radical (unpaired) electrons. The fourth-order valence-electron chi connectivity index (χ4n) is 3.31. The zero-order valence-corrected chi connectivity index (χ0v) is 16.0. The standard InChI is InChI=1S/C20H26N4O3/c1-13-12-14(2)22-20(21-13)27-16-10-8-15(9-11-16)23-19(25)24-17-6-4-5-7-18(17)26-3/h4-7,12,15-16H,8-11H2,1-3H3,(H2,23,24,25). The van der Waals surface area contributed by atoms with E-state index in [0.717, 1.165) is 37.1 Å². The summed E-state index contributed by atoms with van der Waals surface area (Å²) in [6, 6.07) is 9.62. The second kappa shape index (κ2) is 8.70. The highest BCUT2D eigenvalue weighted by atomic mass is 16.5. The smallest absolute Gasteiger partial charge is 0.319 e. The molecule has 27 heavy (non-hydrogen) atoms. The van der Waals surface area contributed by atoms with Gasteiger partial charge in [0.05, 0.1) is 12.8 Å². The van der Waals surface area contributed by atoms with Crippen LogP contribution < -0.4 is 20.1 Å². The molecule has 2 aromatic rings. The van der Waals surface area contributed by atoms with Crippen LogP contribution >= 0.6 is 0 Å². The minimum Gasteiger partial charge on any atom is -0.495 e. The molecule has 0 spiro atoms. The first-order valence-electron chi connectivity index (χ1n) is 9.23. The van der Waals surface area contributed by atoms with E-state index in [2.05, 4.69) is 20.6 Å². The van der Waals surface area contributed by atoms with E-state index in [1.54, 1.807) is 7.11 Å². The number of methoxy groups -OCH3 is 1. The third-order valence-electron chi connectivity index (χ3n) is 4.60. The average Bonchev–Trinajstić information content (AvgIpc) is 2.63. The molecular formula is C20H26N4O3. The number of ether oxygens (including phenoxy) is 2. The molecule has 1 fully saturated rings. The van der Waals surface area contributed by atoms with Crippen LogP contribution in [0.4, 0.5) is 10.5 Å². The Morgan fingerprint density at radius 2 is 1.74 bits per heavy atom. The van der Waals surface area contributed by atoms with Gasteiger partial charge in [-0.1, -0.05) is 12.1 Å². The van der Waals surface area contributed by atoms with Crippen molar-refractivity contribution >= 4 is 11.7 Å². The zero-order chi connectivity index (χ0) is 19.2. The summed E-state index contributed by atoms with van der Waals surface area (Å²) in [4.78, 5) is 20.9. The van der Waals surface area contributed by atoms with Gasteiger partial charge in [0.25, 0.3) is 0 Å². The number of carbonyl (C=O) groups is 1. The van der Waals surface area contributed by atoms with Crippen LogP contribution in [-0.4, -0.2) is 35.3 Å². The lowest BCUT2D eigenvalue weighted by Crippen LogP contribution is -2.41. The molecule has 1 aromatic heterocycles. The van der Waals surface area contributed by atoms with E-state index in [-0.39, 0.29) is 18.2 Å². The third-order valence-corrected chi connectivity index (χ3v) is 4.60. The molecule has 0 aliphatic heterocycles. The minimum absolute atomic E-state index is 0.0847. The second-order valence-electron chi connectivity index (χ2n) is 6.82. The third kappa shape index (κ3) is 5.32. The van der Waals surface area contributed by atoms with Crippen molar-refractivity contribution in [3.05, 3.63) is 41.7 Å². The van der Waals surface area contributed by atoms with E-state index in [0.29, 0.717) is 17.4 Å². The maximum atomic E-state index is 12.3. The number of benzene rings is 1. The summed E-state index contributed by atoms with van der Waals surface area (Å²) < 4.78 is 11.2. The lowest BCUT2D eigenvalue weighted by molar-refractivity contribution is 0.129. The van der Waals surface area contributed by atoms with E-state index < -0.39 is 0 Å². The first-order chi connectivity index (χ1) is 13.0. The topological polar surface area (TPSA) is 85.4 Å². The maximum Gasteiger partial charge on any atom is 0.319 e. The predicted molar refractivity (Wildman–Crippen MR) is 103 cm³/mol. The van der Waals surface area contributed by atoms with Crippen molar-refractivity contribution in [1.82, 2.24) is 15.3 Å². The van der Waals surface area contributed by atoms with Crippen molar-refractivity contribution in [2.24, 2.45) is 0 Å². The number of amides is 2. The molecule has 2 N–H and O–H groups in total. The van der Waals surface area contributed by atoms with Crippen molar-refractivity contribution in [2.75, 3.05) is 12.4 Å². The van der Waals surface area contributed by atoms with Gasteiger partial charge in [0.2, 0.25) is 0 Å². The van der Waals surface area contributed by atoms with Crippen LogP contribution in [0.1, 0.15) is 37.1 Å². The van der Waals surface area contributed by atoms with Gasteiger partial charge in [-0.3, -0.25) is 0 Å². The molecule has 7 heteroatoms. The molecule has 2 amide bonds. The maximum absolute atomic E-state index is 12.3. The summed E-state index contributed by atoms with van der Waals surface area (Å²) in [5.74, 6) is 0.637. The van der Waals surface area contributed by atoms with E-state index in [9.17, 15) is 4.79 Å². The number of para-hydroxylation sites is 2. The number of carbonyl (C=O) groups excluding carboxylic acids is 1. The second-order valence-corrected chi connectivity index (χ2v) is 6.82. The minimum atomic E-state index is -0.221. The predicted octanol–water partition coefficient (Wildman–Crippen LogP) is 3.61. The molecule has 0 unspecified atom stereocenters. The highest BCUT2D eigenvalue weighted by Gasteiger charge is 2.24. The Balaban J connectivity index is 1.47. The van der Waals surface area contributed by atoms with E-state index >= 15 is 0 Å². The average molecular weight is 370 g/mol. The molecule has 0 atom stereocenters. The molecule has 1 aromatic carbocycles. The molecule has 1 saturated carbocycles. The van der Waals surface area contributed by atoms with Crippen LogP contribution in [0.15, 0.2) is 30.3 Å². The molecule has 3 rings (SSSR count). The van der Waals surface area contributed by atoms with Gasteiger partial charge in [-0.05, 0) is 57.7 Å². The Morgan fingerprint density at radius 3 is 2.41 bits per heavy atom. The number of nitrogens with zero attached hydrogens (tertiary/aromatic N) is 2. The van der Waals surface area contributed by atoms with Gasteiger partial charge >= 0.3 is 12.0 Å². The van der Waals surface area contributed by atoms with Crippen molar-refractivity contribution in [3.8, 4) is 11.8 Å². The molecule has 1 aliphatic rings. The summed E-state index contributed by atoms with van der Waals surface area (Å²) >= 11 is 0. The number of aromatic nitrogens is 2. The highest BCUT2D eigenvalue weighted by Crippen LogP contribution is 2.24. The van der Waals surface area contributed by atoms with Crippen LogP contribution in [0.25, 0.3) is 0 Å². The Bertz CT molecular complexity index is 768.